The Labute approximate surface area is 127 Å². The number of imidazole rings is 1. The number of benzene rings is 1. The molecular formula is C16H15ClN4. The normalized spacial score (nSPS) is 17.1. The average Bonchev–Trinajstić information content (AvgIpc) is 3.04. The molecule has 0 spiro atoms. The number of fused-ring (bicyclic) bond motifs is 2. The summed E-state index contributed by atoms with van der Waals surface area (Å²) in [6, 6.07) is 8.37. The Bertz CT molecular complexity index is 824. The van der Waals surface area contributed by atoms with Crippen LogP contribution in [0, 0.1) is 0 Å². The lowest BCUT2D eigenvalue weighted by atomic mass is 10.1. The second-order valence-corrected chi connectivity index (χ2v) is 5.81. The lowest BCUT2D eigenvalue weighted by molar-refractivity contribution is 0.742. The molecule has 4 nitrogen and oxygen atoms in total. The number of hydrogen-bond acceptors (Lipinski definition) is 3. The van der Waals surface area contributed by atoms with Crippen LogP contribution in [0.5, 0.6) is 0 Å². The maximum Gasteiger partial charge on any atom is 0.204 e. The fourth-order valence-corrected chi connectivity index (χ4v) is 3.37. The van der Waals surface area contributed by atoms with Gasteiger partial charge in [-0.3, -0.25) is 4.98 Å². The summed E-state index contributed by atoms with van der Waals surface area (Å²) < 4.78 is 2.07. The fourth-order valence-electron chi connectivity index (χ4n) is 3.10. The minimum Gasteiger partial charge on any atom is -0.349 e. The lowest BCUT2D eigenvalue weighted by Gasteiger charge is -2.15. The van der Waals surface area contributed by atoms with E-state index in [1.165, 1.54) is 11.1 Å². The Morgan fingerprint density at radius 1 is 1.33 bits per heavy atom. The molecule has 21 heavy (non-hydrogen) atoms. The van der Waals surface area contributed by atoms with Crippen molar-refractivity contribution >= 4 is 28.6 Å². The van der Waals surface area contributed by atoms with Crippen molar-refractivity contribution < 1.29 is 0 Å². The van der Waals surface area contributed by atoms with Crippen LogP contribution in [0.25, 0.3) is 11.0 Å². The Morgan fingerprint density at radius 3 is 3.10 bits per heavy atom. The summed E-state index contributed by atoms with van der Waals surface area (Å²) in [6.45, 7) is 0. The summed E-state index contributed by atoms with van der Waals surface area (Å²) in [4.78, 5) is 8.75. The van der Waals surface area contributed by atoms with Gasteiger partial charge in [0.2, 0.25) is 5.95 Å². The van der Waals surface area contributed by atoms with E-state index in [1.54, 1.807) is 12.4 Å². The largest absolute Gasteiger partial charge is 0.349 e. The number of halogens is 1. The molecule has 1 aliphatic carbocycles. The van der Waals surface area contributed by atoms with E-state index in [0.717, 1.165) is 34.8 Å². The van der Waals surface area contributed by atoms with Crippen LogP contribution in [-0.4, -0.2) is 14.5 Å². The third-order valence-corrected chi connectivity index (χ3v) is 4.55. The zero-order valence-corrected chi connectivity index (χ0v) is 12.4. The van der Waals surface area contributed by atoms with Gasteiger partial charge in [0.1, 0.15) is 5.52 Å². The first-order valence-electron chi connectivity index (χ1n) is 7.04. The van der Waals surface area contributed by atoms with Crippen molar-refractivity contribution in [1.82, 2.24) is 14.5 Å². The molecule has 0 aliphatic heterocycles. The van der Waals surface area contributed by atoms with E-state index in [1.807, 2.05) is 25.2 Å². The second kappa shape index (κ2) is 4.74. The Kier molecular flexibility index (Phi) is 2.86. The third-order valence-electron chi connectivity index (χ3n) is 4.20. The minimum atomic E-state index is 0.266. The molecule has 4 rings (SSSR count). The fraction of sp³-hybridized carbons (Fsp3) is 0.250. The van der Waals surface area contributed by atoms with Gasteiger partial charge in [0.05, 0.1) is 17.8 Å². The molecule has 0 saturated carbocycles. The Morgan fingerprint density at radius 2 is 2.24 bits per heavy atom. The van der Waals surface area contributed by atoms with E-state index in [9.17, 15) is 0 Å². The van der Waals surface area contributed by atoms with Gasteiger partial charge in [-0.2, -0.15) is 0 Å². The summed E-state index contributed by atoms with van der Waals surface area (Å²) in [7, 11) is 2.02. The maximum absolute atomic E-state index is 6.28. The highest BCUT2D eigenvalue weighted by atomic mass is 35.5. The molecule has 2 heterocycles. The van der Waals surface area contributed by atoms with E-state index in [0.29, 0.717) is 0 Å². The SMILES string of the molecule is Cn1c(N[C@H]2CCc3c(Cl)cccc32)nc2cnccc21. The Hall–Kier alpha value is -2.07. The van der Waals surface area contributed by atoms with Gasteiger partial charge in [-0.15, -0.1) is 0 Å². The number of nitrogens with zero attached hydrogens (tertiary/aromatic N) is 3. The van der Waals surface area contributed by atoms with Gasteiger partial charge in [-0.1, -0.05) is 23.7 Å². The molecule has 1 aromatic carbocycles. The van der Waals surface area contributed by atoms with Crippen molar-refractivity contribution in [2.24, 2.45) is 7.05 Å². The molecule has 3 aromatic rings. The van der Waals surface area contributed by atoms with Crippen LogP contribution in [0.1, 0.15) is 23.6 Å². The molecule has 5 heteroatoms. The summed E-state index contributed by atoms with van der Waals surface area (Å²) in [5.74, 6) is 0.871. The topological polar surface area (TPSA) is 42.7 Å². The first-order valence-corrected chi connectivity index (χ1v) is 7.42. The monoisotopic (exact) mass is 298 g/mol. The van der Waals surface area contributed by atoms with Gasteiger partial charge >= 0.3 is 0 Å². The van der Waals surface area contributed by atoms with Crippen LogP contribution in [0.4, 0.5) is 5.95 Å². The molecule has 0 saturated heterocycles. The zero-order chi connectivity index (χ0) is 14.4. The van der Waals surface area contributed by atoms with Crippen LogP contribution < -0.4 is 5.32 Å². The molecule has 2 aromatic heterocycles. The van der Waals surface area contributed by atoms with Crippen LogP contribution in [0.15, 0.2) is 36.7 Å². The predicted octanol–water partition coefficient (Wildman–Crippen LogP) is 3.72. The molecule has 1 N–H and O–H groups in total. The van der Waals surface area contributed by atoms with Gasteiger partial charge in [0, 0.05) is 18.3 Å². The van der Waals surface area contributed by atoms with Gasteiger partial charge < -0.3 is 9.88 Å². The van der Waals surface area contributed by atoms with Crippen molar-refractivity contribution in [2.45, 2.75) is 18.9 Å². The number of nitrogens with one attached hydrogen (secondary N) is 1. The molecule has 0 amide bonds. The van der Waals surface area contributed by atoms with Gasteiger partial charge in [-0.25, -0.2) is 4.98 Å². The Balaban J connectivity index is 1.71. The number of anilines is 1. The molecule has 1 aliphatic rings. The summed E-state index contributed by atoms with van der Waals surface area (Å²) in [5, 5.41) is 4.41. The highest BCUT2D eigenvalue weighted by molar-refractivity contribution is 6.31. The van der Waals surface area contributed by atoms with Crippen molar-refractivity contribution in [2.75, 3.05) is 5.32 Å². The van der Waals surface area contributed by atoms with Gasteiger partial charge in [0.15, 0.2) is 0 Å². The summed E-state index contributed by atoms with van der Waals surface area (Å²) in [6.07, 6.45) is 5.64. The van der Waals surface area contributed by atoms with E-state index in [-0.39, 0.29) is 6.04 Å². The third kappa shape index (κ3) is 1.98. The number of aryl methyl sites for hydroxylation is 1. The molecule has 0 radical (unpaired) electrons. The quantitative estimate of drug-likeness (QED) is 0.784. The number of hydrogen-bond donors (Lipinski definition) is 1. The summed E-state index contributed by atoms with van der Waals surface area (Å²) in [5.41, 5.74) is 4.54. The molecule has 0 bridgehead atoms. The van der Waals surface area contributed by atoms with Crippen molar-refractivity contribution in [3.63, 3.8) is 0 Å². The second-order valence-electron chi connectivity index (χ2n) is 5.40. The van der Waals surface area contributed by atoms with Crippen LogP contribution in [0.2, 0.25) is 5.02 Å². The standard InChI is InChI=1S/C16H15ClN4/c1-21-15-7-8-18-9-14(15)20-16(21)19-13-6-5-10-11(13)3-2-4-12(10)17/h2-4,7-9,13H,5-6H2,1H3,(H,19,20)/t13-/m0/s1. The number of aromatic nitrogens is 3. The molecule has 0 unspecified atom stereocenters. The molecular weight excluding hydrogens is 284 g/mol. The van der Waals surface area contributed by atoms with Crippen LogP contribution in [0.3, 0.4) is 0 Å². The first-order chi connectivity index (χ1) is 10.2. The maximum atomic E-state index is 6.28. The van der Waals surface area contributed by atoms with Gasteiger partial charge in [-0.05, 0) is 36.1 Å². The van der Waals surface area contributed by atoms with E-state index >= 15 is 0 Å². The number of pyridine rings is 1. The highest BCUT2D eigenvalue weighted by Crippen LogP contribution is 2.37. The van der Waals surface area contributed by atoms with Crippen molar-refractivity contribution in [3.8, 4) is 0 Å². The molecule has 1 atom stereocenters. The average molecular weight is 299 g/mol. The van der Waals surface area contributed by atoms with E-state index in [4.69, 9.17) is 11.6 Å². The van der Waals surface area contributed by atoms with Crippen molar-refractivity contribution in [3.05, 3.63) is 52.8 Å². The van der Waals surface area contributed by atoms with E-state index < -0.39 is 0 Å². The van der Waals surface area contributed by atoms with E-state index in [2.05, 4.69) is 25.9 Å². The summed E-state index contributed by atoms with van der Waals surface area (Å²) >= 11 is 6.28. The zero-order valence-electron chi connectivity index (χ0n) is 11.7. The van der Waals surface area contributed by atoms with Crippen LogP contribution >= 0.6 is 11.6 Å². The smallest absolute Gasteiger partial charge is 0.204 e. The minimum absolute atomic E-state index is 0.266. The first kappa shape index (κ1) is 12.7. The van der Waals surface area contributed by atoms with Crippen LogP contribution in [-0.2, 0) is 13.5 Å². The van der Waals surface area contributed by atoms with Gasteiger partial charge in [0.25, 0.3) is 0 Å². The lowest BCUT2D eigenvalue weighted by Crippen LogP contribution is -2.10. The van der Waals surface area contributed by atoms with Crippen molar-refractivity contribution in [1.29, 1.82) is 0 Å². The number of rotatable bonds is 2. The molecule has 106 valence electrons. The highest BCUT2D eigenvalue weighted by Gasteiger charge is 2.25. The molecule has 0 fully saturated rings. The predicted molar refractivity (Wildman–Crippen MR) is 84.6 cm³/mol.